The molecule has 0 bridgehead atoms. The Hall–Kier alpha value is -0.920. The van der Waals surface area contributed by atoms with Crippen LogP contribution >= 0.6 is 0 Å². The quantitative estimate of drug-likeness (QED) is 0.656. The Morgan fingerprint density at radius 1 is 1.27 bits per heavy atom. The molecule has 1 aliphatic carbocycles. The topological polar surface area (TPSA) is 64.4 Å². The molecular weight excluding hydrogens is 350 g/mol. The molecule has 1 aromatic heterocycles. The standard InChI is InChI=1S/C19H33N3O3S/c1-21(11-5-9-16-7-3-4-8-16)14-17-13-20-19(26(2,23)24)22(17)15-18-10-6-12-25-18/h13,16,18H,3-12,14-15H2,1-2H3. The minimum atomic E-state index is -3.34. The molecular formula is C19H33N3O3S. The van der Waals surface area contributed by atoms with Gasteiger partial charge < -0.3 is 14.2 Å². The van der Waals surface area contributed by atoms with Crippen LogP contribution in [0.5, 0.6) is 0 Å². The van der Waals surface area contributed by atoms with E-state index in [0.29, 0.717) is 6.54 Å². The van der Waals surface area contributed by atoms with Crippen molar-refractivity contribution in [3.05, 3.63) is 11.9 Å². The maximum absolute atomic E-state index is 12.1. The van der Waals surface area contributed by atoms with Gasteiger partial charge in [-0.25, -0.2) is 13.4 Å². The van der Waals surface area contributed by atoms with E-state index in [1.165, 1.54) is 44.8 Å². The lowest BCUT2D eigenvalue weighted by atomic mass is 10.0. The van der Waals surface area contributed by atoms with Crippen LogP contribution in [0.2, 0.25) is 0 Å². The molecule has 0 aromatic carbocycles. The first-order chi connectivity index (χ1) is 12.4. The van der Waals surface area contributed by atoms with Crippen LogP contribution in [0.15, 0.2) is 11.4 Å². The average Bonchev–Trinajstić information content (AvgIpc) is 3.30. The zero-order valence-corrected chi connectivity index (χ0v) is 17.0. The Labute approximate surface area is 157 Å². The summed E-state index contributed by atoms with van der Waals surface area (Å²) in [6.45, 7) is 3.10. The first-order valence-electron chi connectivity index (χ1n) is 9.98. The van der Waals surface area contributed by atoms with Crippen molar-refractivity contribution in [2.45, 2.75) is 75.7 Å². The number of sulfone groups is 1. The molecule has 1 saturated carbocycles. The molecule has 0 radical (unpaired) electrons. The molecule has 148 valence electrons. The number of hydrogen-bond acceptors (Lipinski definition) is 5. The van der Waals surface area contributed by atoms with Gasteiger partial charge in [-0.1, -0.05) is 25.7 Å². The maximum atomic E-state index is 12.1. The fourth-order valence-corrected chi connectivity index (χ4v) is 5.14. The van der Waals surface area contributed by atoms with Gasteiger partial charge in [0.05, 0.1) is 24.5 Å². The normalized spacial score (nSPS) is 21.9. The van der Waals surface area contributed by atoms with Crippen molar-refractivity contribution in [1.82, 2.24) is 14.5 Å². The second-order valence-electron chi connectivity index (χ2n) is 8.08. The van der Waals surface area contributed by atoms with E-state index >= 15 is 0 Å². The van der Waals surface area contributed by atoms with Crippen LogP contribution in [-0.4, -0.2) is 55.4 Å². The monoisotopic (exact) mass is 383 g/mol. The number of aromatic nitrogens is 2. The van der Waals surface area contributed by atoms with Gasteiger partial charge in [0.15, 0.2) is 0 Å². The fourth-order valence-electron chi connectivity index (χ4n) is 4.31. The molecule has 2 heterocycles. The average molecular weight is 384 g/mol. The van der Waals surface area contributed by atoms with Crippen molar-refractivity contribution >= 4 is 9.84 Å². The van der Waals surface area contributed by atoms with E-state index in [4.69, 9.17) is 4.74 Å². The Bertz CT molecular complexity index is 674. The minimum absolute atomic E-state index is 0.0936. The van der Waals surface area contributed by atoms with Crippen LogP contribution in [0.1, 0.15) is 57.1 Å². The van der Waals surface area contributed by atoms with Gasteiger partial charge in [0.2, 0.25) is 15.0 Å². The number of hydrogen-bond donors (Lipinski definition) is 0. The van der Waals surface area contributed by atoms with Crippen molar-refractivity contribution in [3.8, 4) is 0 Å². The van der Waals surface area contributed by atoms with Crippen LogP contribution in [0.4, 0.5) is 0 Å². The van der Waals surface area contributed by atoms with Gasteiger partial charge >= 0.3 is 0 Å². The molecule has 1 atom stereocenters. The number of rotatable bonds is 9. The summed E-state index contributed by atoms with van der Waals surface area (Å²) in [5.74, 6) is 0.922. The van der Waals surface area contributed by atoms with Gasteiger partial charge in [-0.05, 0) is 45.2 Å². The highest BCUT2D eigenvalue weighted by atomic mass is 32.2. The molecule has 2 fully saturated rings. The van der Waals surface area contributed by atoms with E-state index < -0.39 is 9.84 Å². The van der Waals surface area contributed by atoms with Crippen LogP contribution < -0.4 is 0 Å². The summed E-state index contributed by atoms with van der Waals surface area (Å²) in [7, 11) is -1.23. The van der Waals surface area contributed by atoms with Crippen LogP contribution in [0.25, 0.3) is 0 Å². The summed E-state index contributed by atoms with van der Waals surface area (Å²) >= 11 is 0. The Kier molecular flexibility index (Phi) is 6.75. The molecule has 1 aromatic rings. The largest absolute Gasteiger partial charge is 0.376 e. The highest BCUT2D eigenvalue weighted by molar-refractivity contribution is 7.90. The lowest BCUT2D eigenvalue weighted by molar-refractivity contribution is 0.0934. The molecule has 26 heavy (non-hydrogen) atoms. The summed E-state index contributed by atoms with van der Waals surface area (Å²) < 4.78 is 31.8. The van der Waals surface area contributed by atoms with E-state index in [1.807, 2.05) is 4.57 Å². The lowest BCUT2D eigenvalue weighted by Crippen LogP contribution is -2.25. The molecule has 0 N–H and O–H groups in total. The van der Waals surface area contributed by atoms with Crippen molar-refractivity contribution in [2.75, 3.05) is 26.5 Å². The molecule has 0 spiro atoms. The molecule has 0 amide bonds. The third-order valence-electron chi connectivity index (χ3n) is 5.70. The maximum Gasteiger partial charge on any atom is 0.227 e. The molecule has 1 unspecified atom stereocenters. The number of imidazole rings is 1. The van der Waals surface area contributed by atoms with E-state index in [2.05, 4.69) is 16.9 Å². The highest BCUT2D eigenvalue weighted by Crippen LogP contribution is 2.28. The highest BCUT2D eigenvalue weighted by Gasteiger charge is 2.24. The van der Waals surface area contributed by atoms with E-state index in [-0.39, 0.29) is 11.3 Å². The van der Waals surface area contributed by atoms with E-state index in [0.717, 1.165) is 44.1 Å². The van der Waals surface area contributed by atoms with Gasteiger partial charge in [-0.3, -0.25) is 0 Å². The predicted molar refractivity (Wildman–Crippen MR) is 102 cm³/mol. The molecule has 1 aliphatic heterocycles. The van der Waals surface area contributed by atoms with E-state index in [1.54, 1.807) is 6.20 Å². The second kappa shape index (κ2) is 8.85. The van der Waals surface area contributed by atoms with Crippen molar-refractivity contribution in [1.29, 1.82) is 0 Å². The zero-order valence-electron chi connectivity index (χ0n) is 16.2. The summed E-state index contributed by atoms with van der Waals surface area (Å²) in [4.78, 5) is 6.50. The molecule has 7 heteroatoms. The summed E-state index contributed by atoms with van der Waals surface area (Å²) in [5.41, 5.74) is 0.962. The third-order valence-corrected chi connectivity index (χ3v) is 6.69. The van der Waals surface area contributed by atoms with Crippen molar-refractivity contribution in [2.24, 2.45) is 5.92 Å². The van der Waals surface area contributed by atoms with Gasteiger partial charge in [0, 0.05) is 19.4 Å². The van der Waals surface area contributed by atoms with Crippen molar-refractivity contribution in [3.63, 3.8) is 0 Å². The lowest BCUT2D eigenvalue weighted by Gasteiger charge is -2.20. The summed E-state index contributed by atoms with van der Waals surface area (Å²) in [6.07, 6.45) is 13.2. The molecule has 2 aliphatic rings. The Morgan fingerprint density at radius 3 is 2.69 bits per heavy atom. The van der Waals surface area contributed by atoms with Crippen LogP contribution in [0, 0.1) is 5.92 Å². The smallest absolute Gasteiger partial charge is 0.227 e. The summed E-state index contributed by atoms with van der Waals surface area (Å²) in [6, 6.07) is 0. The fraction of sp³-hybridized carbons (Fsp3) is 0.842. The molecule has 6 nitrogen and oxygen atoms in total. The van der Waals surface area contributed by atoms with E-state index in [9.17, 15) is 8.42 Å². The predicted octanol–water partition coefficient (Wildman–Crippen LogP) is 2.87. The van der Waals surface area contributed by atoms with Crippen LogP contribution in [-0.2, 0) is 27.7 Å². The zero-order chi connectivity index (χ0) is 18.6. The number of ether oxygens (including phenoxy) is 1. The third kappa shape index (κ3) is 5.30. The molecule has 3 rings (SSSR count). The first kappa shape index (κ1) is 19.8. The molecule has 1 saturated heterocycles. The SMILES string of the molecule is CN(CCCC1CCCC1)Cc1cnc(S(C)(=O)=O)n1CC1CCCO1. The Balaban J connectivity index is 1.61. The Morgan fingerprint density at radius 2 is 2.04 bits per heavy atom. The number of nitrogens with zero attached hydrogens (tertiary/aromatic N) is 3. The minimum Gasteiger partial charge on any atom is -0.376 e. The van der Waals surface area contributed by atoms with Gasteiger partial charge in [0.25, 0.3) is 0 Å². The van der Waals surface area contributed by atoms with Crippen LogP contribution in [0.3, 0.4) is 0 Å². The van der Waals surface area contributed by atoms with Crippen molar-refractivity contribution < 1.29 is 13.2 Å². The summed E-state index contributed by atoms with van der Waals surface area (Å²) in [5, 5.41) is 0.169. The second-order valence-corrected chi connectivity index (χ2v) is 9.99. The van der Waals surface area contributed by atoms with Gasteiger partial charge in [-0.15, -0.1) is 0 Å². The van der Waals surface area contributed by atoms with Gasteiger partial charge in [0.1, 0.15) is 0 Å². The van der Waals surface area contributed by atoms with Gasteiger partial charge in [-0.2, -0.15) is 0 Å². The first-order valence-corrected chi connectivity index (χ1v) is 11.9.